The zero-order valence-corrected chi connectivity index (χ0v) is 32.0. The number of phenolic OH excluding ortho intramolecular Hbond substituents is 3. The highest BCUT2D eigenvalue weighted by molar-refractivity contribution is 6.00. The van der Waals surface area contributed by atoms with Crippen molar-refractivity contribution in [2.45, 2.75) is 12.8 Å². The number of rotatable bonds is 9. The first-order chi connectivity index (χ1) is 29.6. The van der Waals surface area contributed by atoms with Gasteiger partial charge in [-0.1, -0.05) is 36.4 Å². The number of ether oxygens (including phenoxy) is 1. The molecule has 2 aliphatic rings. The number of nitrogens with one attached hydrogen (secondary N) is 2. The highest BCUT2D eigenvalue weighted by Crippen LogP contribution is 2.42. The summed E-state index contributed by atoms with van der Waals surface area (Å²) in [5.41, 5.74) is 4.46. The highest BCUT2D eigenvalue weighted by Gasteiger charge is 2.30. The average molecular weight is 823 g/mol. The van der Waals surface area contributed by atoms with E-state index in [4.69, 9.17) is 19.8 Å². The molecule has 0 aliphatic carbocycles. The molecule has 0 fully saturated rings. The van der Waals surface area contributed by atoms with E-state index < -0.39 is 34.6 Å². The van der Waals surface area contributed by atoms with Crippen LogP contribution < -0.4 is 4.74 Å². The fourth-order valence-electron chi connectivity index (χ4n) is 7.71. The first kappa shape index (κ1) is 38.9. The molecule has 0 atom stereocenters. The molecule has 0 amide bonds. The van der Waals surface area contributed by atoms with Crippen molar-refractivity contribution < 1.29 is 42.7 Å². The molecule has 0 saturated carbocycles. The maximum absolute atomic E-state index is 16.5. The Morgan fingerprint density at radius 1 is 0.459 bits per heavy atom. The number of hydrogen-bond donors (Lipinski definition) is 6. The molecular formula is C48H34F4N4O5. The maximum atomic E-state index is 16.5. The Morgan fingerprint density at radius 3 is 1.21 bits per heavy atom. The topological polar surface area (TPSA) is 148 Å². The predicted octanol–water partition coefficient (Wildman–Crippen LogP) is 11.1. The number of hydrogen-bond acceptors (Lipinski definition) is 7. The van der Waals surface area contributed by atoms with Crippen LogP contribution in [-0.2, 0) is 0 Å². The van der Waals surface area contributed by atoms with Crippen molar-refractivity contribution in [1.29, 1.82) is 0 Å². The van der Waals surface area contributed by atoms with Gasteiger partial charge in [0.05, 0.1) is 34.9 Å². The third-order valence-electron chi connectivity index (χ3n) is 10.4. The summed E-state index contributed by atoms with van der Waals surface area (Å²) in [4.78, 5) is 16.6. The number of phenols is 3. The van der Waals surface area contributed by atoms with Gasteiger partial charge < -0.3 is 35.1 Å². The second-order valence-corrected chi connectivity index (χ2v) is 14.4. The van der Waals surface area contributed by atoms with E-state index in [1.165, 1.54) is 36.4 Å². The quantitative estimate of drug-likeness (QED) is 0.0482. The van der Waals surface area contributed by atoms with Gasteiger partial charge in [0, 0.05) is 50.9 Å². The van der Waals surface area contributed by atoms with Gasteiger partial charge in [0.15, 0.2) is 17.4 Å². The summed E-state index contributed by atoms with van der Waals surface area (Å²) in [6.45, 7) is -0.508. The number of aromatic hydroxyl groups is 3. The molecule has 0 saturated heterocycles. The molecule has 304 valence electrons. The summed E-state index contributed by atoms with van der Waals surface area (Å²) in [6, 6.07) is 26.3. The summed E-state index contributed by atoms with van der Waals surface area (Å²) in [7, 11) is 0. The first-order valence-corrected chi connectivity index (χ1v) is 19.2. The lowest BCUT2D eigenvalue weighted by molar-refractivity contribution is 0.237. The molecule has 0 radical (unpaired) electrons. The Bertz CT molecular complexity index is 3060. The van der Waals surface area contributed by atoms with E-state index in [0.717, 1.165) is 0 Å². The SMILES string of the molecule is OCCCCOc1c(F)c(F)c(-c2c3nc(c(-c4cccc(O)c4)c4ccc([nH]4)c(-c4cccc(O)c4)c4nc(c(-c5cccc(O)c5)c5ccc2[nH]5)C=C4)C=C3)c(F)c1F. The zero-order valence-electron chi connectivity index (χ0n) is 32.0. The van der Waals surface area contributed by atoms with Crippen LogP contribution >= 0.6 is 0 Å². The normalized spacial score (nSPS) is 12.0. The van der Waals surface area contributed by atoms with Crippen molar-refractivity contribution in [3.05, 3.63) is 143 Å². The van der Waals surface area contributed by atoms with Crippen LogP contribution in [0.2, 0.25) is 0 Å². The van der Waals surface area contributed by atoms with E-state index in [0.29, 0.717) is 61.3 Å². The molecule has 3 aromatic heterocycles. The van der Waals surface area contributed by atoms with Crippen LogP contribution in [0.4, 0.5) is 17.6 Å². The molecular weight excluding hydrogens is 789 g/mol. The summed E-state index contributed by atoms with van der Waals surface area (Å²) in [5, 5.41) is 40.9. The number of halogens is 4. The Hall–Kier alpha value is -7.64. The Morgan fingerprint density at radius 2 is 0.836 bits per heavy atom. The van der Waals surface area contributed by atoms with Gasteiger partial charge in [-0.15, -0.1) is 0 Å². The number of H-pyrrole nitrogens is 2. The lowest BCUT2D eigenvalue weighted by Crippen LogP contribution is -2.08. The van der Waals surface area contributed by atoms with E-state index in [1.807, 2.05) is 12.1 Å². The van der Waals surface area contributed by atoms with Crippen LogP contribution in [0.15, 0.2) is 97.1 Å². The van der Waals surface area contributed by atoms with Crippen molar-refractivity contribution in [3.63, 3.8) is 0 Å². The van der Waals surface area contributed by atoms with Crippen LogP contribution in [0.25, 0.3) is 90.9 Å². The van der Waals surface area contributed by atoms with Crippen LogP contribution in [0, 0.1) is 23.3 Å². The Labute approximate surface area is 344 Å². The van der Waals surface area contributed by atoms with Crippen molar-refractivity contribution in [3.8, 4) is 67.5 Å². The third kappa shape index (κ3) is 7.14. The summed E-state index contributed by atoms with van der Waals surface area (Å²) < 4.78 is 69.9. The van der Waals surface area contributed by atoms with Crippen molar-refractivity contribution in [2.24, 2.45) is 0 Å². The lowest BCUT2D eigenvalue weighted by Gasteiger charge is -2.14. The van der Waals surface area contributed by atoms with E-state index in [2.05, 4.69) is 9.97 Å². The second-order valence-electron chi connectivity index (χ2n) is 14.4. The van der Waals surface area contributed by atoms with Crippen LogP contribution in [0.1, 0.15) is 35.6 Å². The number of unbranched alkanes of at least 4 members (excludes halogenated alkanes) is 1. The molecule has 61 heavy (non-hydrogen) atoms. The molecule has 7 aromatic rings. The van der Waals surface area contributed by atoms with Crippen LogP contribution in [0.3, 0.4) is 0 Å². The van der Waals surface area contributed by atoms with Crippen LogP contribution in [0.5, 0.6) is 23.0 Å². The fourth-order valence-corrected chi connectivity index (χ4v) is 7.71. The van der Waals surface area contributed by atoms with Gasteiger partial charge in [0.25, 0.3) is 0 Å². The highest BCUT2D eigenvalue weighted by atomic mass is 19.2. The molecule has 13 heteroatoms. The number of aromatic amines is 2. The van der Waals surface area contributed by atoms with Crippen LogP contribution in [-0.4, -0.2) is 53.6 Å². The van der Waals surface area contributed by atoms with Gasteiger partial charge >= 0.3 is 0 Å². The number of fused-ring (bicyclic) bond motifs is 8. The van der Waals surface area contributed by atoms with Crippen molar-refractivity contribution in [1.82, 2.24) is 19.9 Å². The van der Waals surface area contributed by atoms with E-state index in [-0.39, 0.29) is 65.8 Å². The largest absolute Gasteiger partial charge is 0.508 e. The van der Waals surface area contributed by atoms with Gasteiger partial charge in [-0.25, -0.2) is 18.7 Å². The van der Waals surface area contributed by atoms with E-state index >= 15 is 17.6 Å². The predicted molar refractivity (Wildman–Crippen MR) is 227 cm³/mol. The molecule has 2 aliphatic heterocycles. The van der Waals surface area contributed by atoms with Crippen molar-refractivity contribution >= 4 is 46.4 Å². The standard InChI is InChI=1S/C48H34F4N4O5/c49-44-43(45(50)47(52)48(46(44)51)61-21-2-1-20-57)42-37-18-16-35(55-37)40(26-7-4-10-29(59)23-26)33-14-12-31(53-33)39(25-6-3-9-28(58)22-25)32-13-15-34(54-32)41(36-17-19-38(42)56-36)27-8-5-11-30(60)24-27/h3-19,22-24,53,56-60H,1-2,20-21H2. The molecule has 9 rings (SSSR count). The smallest absolute Gasteiger partial charge is 0.204 e. The van der Waals surface area contributed by atoms with Gasteiger partial charge in [-0.05, 0) is 114 Å². The molecule has 9 nitrogen and oxygen atoms in total. The third-order valence-corrected chi connectivity index (χ3v) is 10.4. The average Bonchev–Trinajstić information content (AvgIpc) is 4.09. The number of benzene rings is 4. The fraction of sp³-hybridized carbons (Fsp3) is 0.0833. The van der Waals surface area contributed by atoms with Gasteiger partial charge in [-0.2, -0.15) is 8.78 Å². The lowest BCUT2D eigenvalue weighted by atomic mass is 10.0. The minimum Gasteiger partial charge on any atom is -0.508 e. The molecule has 8 bridgehead atoms. The van der Waals surface area contributed by atoms with Gasteiger partial charge in [0.1, 0.15) is 17.2 Å². The number of aromatic nitrogens is 4. The zero-order chi connectivity index (χ0) is 42.4. The Balaban J connectivity index is 1.45. The molecule has 0 unspecified atom stereocenters. The first-order valence-electron chi connectivity index (χ1n) is 19.2. The van der Waals surface area contributed by atoms with Crippen molar-refractivity contribution in [2.75, 3.05) is 13.2 Å². The van der Waals surface area contributed by atoms with E-state index in [9.17, 15) is 15.3 Å². The van der Waals surface area contributed by atoms with Gasteiger partial charge in [-0.3, -0.25) is 0 Å². The molecule has 4 aromatic carbocycles. The summed E-state index contributed by atoms with van der Waals surface area (Å²) >= 11 is 0. The summed E-state index contributed by atoms with van der Waals surface area (Å²) in [6.07, 6.45) is 7.05. The number of aliphatic hydroxyl groups is 1. The number of aliphatic hydroxyl groups excluding tert-OH is 1. The van der Waals surface area contributed by atoms with E-state index in [1.54, 1.807) is 72.8 Å². The van der Waals surface area contributed by atoms with Gasteiger partial charge in [0.2, 0.25) is 11.6 Å². The molecule has 6 N–H and O–H groups in total. The maximum Gasteiger partial charge on any atom is 0.204 e. The minimum absolute atomic E-state index is 0.0254. The Kier molecular flexibility index (Phi) is 10.1. The minimum atomic E-state index is -1.75. The summed E-state index contributed by atoms with van der Waals surface area (Å²) in [5.74, 6) is -8.23. The number of nitrogens with zero attached hydrogens (tertiary/aromatic N) is 2. The molecule has 0 spiro atoms. The monoisotopic (exact) mass is 822 g/mol. The molecule has 5 heterocycles. The second kappa shape index (κ2) is 15.8.